The molecule has 0 saturated carbocycles. The van der Waals surface area contributed by atoms with E-state index >= 15 is 0 Å². The average molecular weight is 283 g/mol. The summed E-state index contributed by atoms with van der Waals surface area (Å²) >= 11 is 0. The minimum absolute atomic E-state index is 0. The van der Waals surface area contributed by atoms with Gasteiger partial charge in [0.05, 0.1) is 6.04 Å². The zero-order valence-electron chi connectivity index (χ0n) is 11.7. The Bertz CT molecular complexity index is 428. The molecule has 106 valence electrons. The van der Waals surface area contributed by atoms with Crippen molar-refractivity contribution in [1.82, 2.24) is 10.6 Å². The van der Waals surface area contributed by atoms with Gasteiger partial charge in [0.2, 0.25) is 5.91 Å². The second-order valence-electron chi connectivity index (χ2n) is 5.15. The molecular weight excluding hydrogens is 260 g/mol. The zero-order chi connectivity index (χ0) is 13.0. The highest BCUT2D eigenvalue weighted by molar-refractivity contribution is 5.85. The van der Waals surface area contributed by atoms with E-state index in [0.29, 0.717) is 6.54 Å². The number of hydrogen-bond acceptors (Lipinski definition) is 2. The van der Waals surface area contributed by atoms with Gasteiger partial charge in [-0.05, 0) is 44.4 Å². The van der Waals surface area contributed by atoms with E-state index in [0.717, 1.165) is 19.4 Å². The molecule has 19 heavy (non-hydrogen) atoms. The smallest absolute Gasteiger partial charge is 0.237 e. The number of carbonyl (C=O) groups is 1. The number of halogens is 1. The maximum atomic E-state index is 12.0. The van der Waals surface area contributed by atoms with Crippen molar-refractivity contribution in [3.8, 4) is 0 Å². The summed E-state index contributed by atoms with van der Waals surface area (Å²) in [6.07, 6.45) is 3.29. The Hall–Kier alpha value is -1.06. The van der Waals surface area contributed by atoms with Crippen molar-refractivity contribution in [2.75, 3.05) is 6.54 Å². The van der Waals surface area contributed by atoms with E-state index in [2.05, 4.69) is 42.7 Å². The molecule has 1 unspecified atom stereocenters. The van der Waals surface area contributed by atoms with Gasteiger partial charge in [0, 0.05) is 6.54 Å². The Labute approximate surface area is 121 Å². The van der Waals surface area contributed by atoms with Gasteiger partial charge >= 0.3 is 0 Å². The van der Waals surface area contributed by atoms with Gasteiger partial charge in [-0.2, -0.15) is 0 Å². The monoisotopic (exact) mass is 282 g/mol. The predicted octanol–water partition coefficient (Wildman–Crippen LogP) is 2.48. The van der Waals surface area contributed by atoms with Crippen molar-refractivity contribution in [3.05, 3.63) is 34.9 Å². The third-order valence-corrected chi connectivity index (χ3v) is 3.58. The maximum absolute atomic E-state index is 12.0. The second kappa shape index (κ2) is 7.51. The molecule has 0 aromatic heterocycles. The summed E-state index contributed by atoms with van der Waals surface area (Å²) in [6.45, 7) is 5.76. The lowest BCUT2D eigenvalue weighted by Crippen LogP contribution is -2.46. The molecule has 2 rings (SSSR count). The summed E-state index contributed by atoms with van der Waals surface area (Å²) in [5.41, 5.74) is 3.70. The van der Waals surface area contributed by atoms with Crippen molar-refractivity contribution in [3.63, 3.8) is 0 Å². The van der Waals surface area contributed by atoms with E-state index < -0.39 is 0 Å². The number of rotatable bonds is 3. The third kappa shape index (κ3) is 4.51. The Balaban J connectivity index is 0.00000180. The molecule has 2 N–H and O–H groups in total. The SMILES string of the molecule is Cc1ccc(CNC(=O)C2CCCCN2)c(C)c1.Cl. The van der Waals surface area contributed by atoms with Gasteiger partial charge in [0.15, 0.2) is 0 Å². The van der Waals surface area contributed by atoms with E-state index in [-0.39, 0.29) is 24.4 Å². The highest BCUT2D eigenvalue weighted by Gasteiger charge is 2.19. The average Bonchev–Trinajstić information content (AvgIpc) is 2.38. The molecule has 0 aliphatic carbocycles. The molecule has 0 radical (unpaired) electrons. The first kappa shape index (κ1) is 16.0. The molecule has 1 heterocycles. The molecule has 4 heteroatoms. The molecule has 1 aromatic rings. The van der Waals surface area contributed by atoms with Crippen LogP contribution in [0.4, 0.5) is 0 Å². The molecule has 1 aliphatic heterocycles. The lowest BCUT2D eigenvalue weighted by atomic mass is 10.0. The first-order chi connectivity index (χ1) is 8.66. The maximum Gasteiger partial charge on any atom is 0.237 e. The van der Waals surface area contributed by atoms with Crippen LogP contribution in [0.25, 0.3) is 0 Å². The standard InChI is InChI=1S/C15H22N2O.ClH/c1-11-6-7-13(12(2)9-11)10-17-15(18)14-5-3-4-8-16-14;/h6-7,9,14,16H,3-5,8,10H2,1-2H3,(H,17,18);1H. The lowest BCUT2D eigenvalue weighted by Gasteiger charge is -2.22. The van der Waals surface area contributed by atoms with Gasteiger partial charge < -0.3 is 10.6 Å². The quantitative estimate of drug-likeness (QED) is 0.894. The van der Waals surface area contributed by atoms with Crippen LogP contribution < -0.4 is 10.6 Å². The van der Waals surface area contributed by atoms with E-state index in [1.54, 1.807) is 0 Å². The molecule has 0 bridgehead atoms. The van der Waals surface area contributed by atoms with Gasteiger partial charge in [0.25, 0.3) is 0 Å². The normalized spacial score (nSPS) is 18.5. The molecule has 1 saturated heterocycles. The number of piperidine rings is 1. The largest absolute Gasteiger partial charge is 0.351 e. The highest BCUT2D eigenvalue weighted by Crippen LogP contribution is 2.11. The molecule has 1 atom stereocenters. The third-order valence-electron chi connectivity index (χ3n) is 3.58. The van der Waals surface area contributed by atoms with Crippen molar-refractivity contribution >= 4 is 18.3 Å². The van der Waals surface area contributed by atoms with Gasteiger partial charge in [-0.3, -0.25) is 4.79 Å². The first-order valence-corrected chi connectivity index (χ1v) is 6.74. The van der Waals surface area contributed by atoms with Crippen molar-refractivity contribution < 1.29 is 4.79 Å². The van der Waals surface area contributed by atoms with Crippen molar-refractivity contribution in [1.29, 1.82) is 0 Å². The fraction of sp³-hybridized carbons (Fsp3) is 0.533. The summed E-state index contributed by atoms with van der Waals surface area (Å²) in [5.74, 6) is 0.134. The van der Waals surface area contributed by atoms with Crippen molar-refractivity contribution in [2.45, 2.75) is 45.7 Å². The summed E-state index contributed by atoms with van der Waals surface area (Å²) in [4.78, 5) is 12.0. The Morgan fingerprint density at radius 1 is 1.37 bits per heavy atom. The van der Waals surface area contributed by atoms with Crippen LogP contribution in [0.15, 0.2) is 18.2 Å². The summed E-state index contributed by atoms with van der Waals surface area (Å²) in [7, 11) is 0. The van der Waals surface area contributed by atoms with Crippen molar-refractivity contribution in [2.24, 2.45) is 0 Å². The Morgan fingerprint density at radius 3 is 2.79 bits per heavy atom. The van der Waals surface area contributed by atoms with Crippen LogP contribution in [0.5, 0.6) is 0 Å². The van der Waals surface area contributed by atoms with Crippen LogP contribution in [0.3, 0.4) is 0 Å². The minimum Gasteiger partial charge on any atom is -0.351 e. The second-order valence-corrected chi connectivity index (χ2v) is 5.15. The van der Waals surface area contributed by atoms with Crippen LogP contribution in [0.1, 0.15) is 36.0 Å². The molecule has 1 aromatic carbocycles. The molecule has 1 fully saturated rings. The Kier molecular flexibility index (Phi) is 6.32. The number of carbonyl (C=O) groups excluding carboxylic acids is 1. The summed E-state index contributed by atoms with van der Waals surface area (Å²) in [5, 5.41) is 6.29. The van der Waals surface area contributed by atoms with E-state index in [1.165, 1.54) is 23.1 Å². The van der Waals surface area contributed by atoms with Gasteiger partial charge in [-0.25, -0.2) is 0 Å². The van der Waals surface area contributed by atoms with Gasteiger partial charge in [-0.1, -0.05) is 30.2 Å². The fourth-order valence-corrected chi connectivity index (χ4v) is 2.43. The van der Waals surface area contributed by atoms with Crippen LogP contribution in [0.2, 0.25) is 0 Å². The molecule has 1 aliphatic rings. The predicted molar refractivity (Wildman–Crippen MR) is 80.7 cm³/mol. The summed E-state index contributed by atoms with van der Waals surface area (Å²) in [6, 6.07) is 6.34. The number of amides is 1. The van der Waals surface area contributed by atoms with Gasteiger partial charge in [-0.15, -0.1) is 12.4 Å². The minimum atomic E-state index is 0. The van der Waals surface area contributed by atoms with E-state index in [9.17, 15) is 4.79 Å². The lowest BCUT2D eigenvalue weighted by molar-refractivity contribution is -0.123. The van der Waals surface area contributed by atoms with E-state index in [4.69, 9.17) is 0 Å². The number of hydrogen-bond donors (Lipinski definition) is 2. The van der Waals surface area contributed by atoms with Crippen LogP contribution in [-0.2, 0) is 11.3 Å². The topological polar surface area (TPSA) is 41.1 Å². The number of benzene rings is 1. The Morgan fingerprint density at radius 2 is 2.16 bits per heavy atom. The van der Waals surface area contributed by atoms with Crippen LogP contribution in [0, 0.1) is 13.8 Å². The fourth-order valence-electron chi connectivity index (χ4n) is 2.43. The number of aryl methyl sites for hydroxylation is 2. The van der Waals surface area contributed by atoms with E-state index in [1.807, 2.05) is 0 Å². The molecule has 1 amide bonds. The van der Waals surface area contributed by atoms with Crippen LogP contribution >= 0.6 is 12.4 Å². The highest BCUT2D eigenvalue weighted by atomic mass is 35.5. The first-order valence-electron chi connectivity index (χ1n) is 6.74. The molecular formula is C15H23ClN2O. The number of nitrogens with one attached hydrogen (secondary N) is 2. The van der Waals surface area contributed by atoms with Crippen LogP contribution in [-0.4, -0.2) is 18.5 Å². The zero-order valence-corrected chi connectivity index (χ0v) is 12.5. The molecule has 3 nitrogen and oxygen atoms in total. The molecule has 0 spiro atoms. The summed E-state index contributed by atoms with van der Waals surface area (Å²) < 4.78 is 0. The van der Waals surface area contributed by atoms with Gasteiger partial charge in [0.1, 0.15) is 0 Å².